The molecule has 452 valence electrons. The zero-order chi connectivity index (χ0) is 61.6. The smallest absolute Gasteiger partial charge is 0.411 e. The number of amides is 3. The van der Waals surface area contributed by atoms with Gasteiger partial charge in [-0.15, -0.1) is 0 Å². The fraction of sp³-hybridized carbons (Fsp3) is 0.338. The third-order valence-electron chi connectivity index (χ3n) is 18.2. The zero-order valence-electron chi connectivity index (χ0n) is 52.4. The Morgan fingerprint density at radius 1 is 0.477 bits per heavy atom. The lowest BCUT2D eigenvalue weighted by Gasteiger charge is -2.42. The minimum absolute atomic E-state index is 0.106. The van der Waals surface area contributed by atoms with Crippen molar-refractivity contribution in [2.45, 2.75) is 153 Å². The molecule has 4 aliphatic rings. The van der Waals surface area contributed by atoms with Crippen LogP contribution in [0.2, 0.25) is 0 Å². The second kappa shape index (κ2) is 23.7. The Morgan fingerprint density at radius 2 is 0.852 bits per heavy atom. The highest BCUT2D eigenvalue weighted by Crippen LogP contribution is 2.55. The predicted octanol–water partition coefficient (Wildman–Crippen LogP) is 17.9. The largest absolute Gasteiger partial charge is 0.444 e. The van der Waals surface area contributed by atoms with E-state index in [1.165, 1.54) is 11.1 Å². The van der Waals surface area contributed by atoms with Crippen LogP contribution in [0.1, 0.15) is 121 Å². The lowest BCUT2D eigenvalue weighted by atomic mass is 9.85. The Kier molecular flexibility index (Phi) is 16.0. The SMILES string of the molecule is CC(C)(C)OC(=O)N([C@@H](Cc1ccc(Nc2cccc(-c3ccccc3)c2)cc1)[C@H]1CN(C2(c3cccc(C(C)(C)C)c3)CC2)C(=O)O1)[C@@H](Cc1ccc(Nc2cccc(-c3ccccc3)c2)cc1)[C@H]1CN(C2(c3cccc(C(C)(C)C)c3)CC2)C(=O)O1. The molecule has 12 rings (SSSR count). The van der Waals surface area contributed by atoms with Crippen molar-refractivity contribution in [1.29, 1.82) is 0 Å². The van der Waals surface area contributed by atoms with Gasteiger partial charge in [0, 0.05) is 22.7 Å². The van der Waals surface area contributed by atoms with Gasteiger partial charge in [-0.05, 0) is 174 Å². The van der Waals surface area contributed by atoms with E-state index in [0.717, 1.165) is 92.9 Å². The van der Waals surface area contributed by atoms with Gasteiger partial charge in [-0.3, -0.25) is 14.7 Å². The summed E-state index contributed by atoms with van der Waals surface area (Å²) in [6, 6.07) is 69.6. The highest BCUT2D eigenvalue weighted by Gasteiger charge is 2.60. The maximum absolute atomic E-state index is 15.9. The van der Waals surface area contributed by atoms with Crippen LogP contribution in [0.4, 0.5) is 37.1 Å². The highest BCUT2D eigenvalue weighted by molar-refractivity contribution is 5.76. The van der Waals surface area contributed by atoms with Gasteiger partial charge >= 0.3 is 18.3 Å². The molecule has 11 heteroatoms. The molecule has 0 unspecified atom stereocenters. The summed E-state index contributed by atoms with van der Waals surface area (Å²) in [5, 5.41) is 7.24. The zero-order valence-corrected chi connectivity index (χ0v) is 52.4. The number of ether oxygens (including phenoxy) is 3. The number of cyclic esters (lactones) is 2. The second-order valence-corrected chi connectivity index (χ2v) is 27.8. The number of benzene rings is 8. The Morgan fingerprint density at radius 3 is 1.22 bits per heavy atom. The predicted molar refractivity (Wildman–Crippen MR) is 352 cm³/mol. The van der Waals surface area contributed by atoms with Crippen LogP contribution in [-0.4, -0.2) is 76.0 Å². The monoisotopic (exact) mass is 1170 g/mol. The average Bonchev–Trinajstić information content (AvgIpc) is 1.60. The number of hydrogen-bond acceptors (Lipinski definition) is 8. The van der Waals surface area contributed by atoms with Crippen molar-refractivity contribution in [2.24, 2.45) is 0 Å². The molecule has 2 aliphatic carbocycles. The van der Waals surface area contributed by atoms with Gasteiger partial charge in [0.25, 0.3) is 0 Å². The molecule has 8 aromatic carbocycles. The van der Waals surface area contributed by atoms with E-state index in [4.69, 9.17) is 14.2 Å². The van der Waals surface area contributed by atoms with Gasteiger partial charge in [0.15, 0.2) is 0 Å². The first-order valence-corrected chi connectivity index (χ1v) is 31.3. The van der Waals surface area contributed by atoms with Crippen molar-refractivity contribution < 1.29 is 28.6 Å². The van der Waals surface area contributed by atoms with Crippen molar-refractivity contribution in [2.75, 3.05) is 23.7 Å². The van der Waals surface area contributed by atoms with E-state index in [0.29, 0.717) is 0 Å². The molecule has 2 saturated heterocycles. The first-order valence-electron chi connectivity index (χ1n) is 31.3. The Hall–Kier alpha value is -8.83. The van der Waals surface area contributed by atoms with E-state index < -0.39 is 59.3 Å². The molecule has 0 radical (unpaired) electrons. The number of nitrogens with zero attached hydrogens (tertiary/aromatic N) is 3. The number of carbonyl (C=O) groups is 3. The third kappa shape index (κ3) is 12.9. The second-order valence-electron chi connectivity index (χ2n) is 27.8. The van der Waals surface area contributed by atoms with E-state index in [2.05, 4.69) is 222 Å². The van der Waals surface area contributed by atoms with Crippen molar-refractivity contribution in [3.05, 3.63) is 240 Å². The van der Waals surface area contributed by atoms with E-state index in [1.54, 1.807) is 4.90 Å². The molecule has 4 atom stereocenters. The minimum Gasteiger partial charge on any atom is -0.444 e. The molecular formula is C77H83N5O6. The summed E-state index contributed by atoms with van der Waals surface area (Å²) in [5.41, 5.74) is 12.2. The average molecular weight is 1170 g/mol. The van der Waals surface area contributed by atoms with Gasteiger partial charge in [0.2, 0.25) is 0 Å². The topological polar surface area (TPSA) is 113 Å². The molecule has 2 heterocycles. The Bertz CT molecular complexity index is 3560. The molecule has 3 amide bonds. The molecule has 4 fully saturated rings. The molecule has 88 heavy (non-hydrogen) atoms. The van der Waals surface area contributed by atoms with E-state index >= 15 is 4.79 Å². The van der Waals surface area contributed by atoms with E-state index in [9.17, 15) is 9.59 Å². The van der Waals surface area contributed by atoms with Crippen molar-refractivity contribution in [3.63, 3.8) is 0 Å². The Balaban J connectivity index is 0.932. The van der Waals surface area contributed by atoms with Gasteiger partial charge in [0.1, 0.15) is 17.8 Å². The summed E-state index contributed by atoms with van der Waals surface area (Å²) in [5.74, 6) is 0. The summed E-state index contributed by atoms with van der Waals surface area (Å²) in [4.78, 5) is 51.4. The summed E-state index contributed by atoms with van der Waals surface area (Å²) in [7, 11) is 0. The first kappa shape index (κ1) is 59.5. The number of carbonyl (C=O) groups excluding carboxylic acids is 3. The van der Waals surface area contributed by atoms with Crippen molar-refractivity contribution >= 4 is 41.0 Å². The van der Waals surface area contributed by atoms with E-state index in [-0.39, 0.29) is 36.8 Å². The molecule has 0 aromatic heterocycles. The van der Waals surface area contributed by atoms with Crippen LogP contribution < -0.4 is 10.6 Å². The molecule has 2 N–H and O–H groups in total. The minimum atomic E-state index is -0.927. The Labute approximate surface area is 520 Å². The fourth-order valence-electron chi connectivity index (χ4n) is 13.0. The third-order valence-corrected chi connectivity index (χ3v) is 18.2. The lowest BCUT2D eigenvalue weighted by molar-refractivity contribution is -0.0345. The summed E-state index contributed by atoms with van der Waals surface area (Å²) >= 11 is 0. The lowest BCUT2D eigenvalue weighted by Crippen LogP contribution is -2.60. The normalized spacial score (nSPS) is 18.4. The van der Waals surface area contributed by atoms with Gasteiger partial charge in [-0.2, -0.15) is 0 Å². The van der Waals surface area contributed by atoms with Crippen LogP contribution in [0.25, 0.3) is 22.3 Å². The summed E-state index contributed by atoms with van der Waals surface area (Å²) in [6.07, 6.45) is 0.655. The van der Waals surface area contributed by atoms with Gasteiger partial charge in [0.05, 0.1) is 36.3 Å². The molecule has 11 nitrogen and oxygen atoms in total. The molecule has 2 saturated carbocycles. The number of anilines is 4. The number of hydrogen-bond donors (Lipinski definition) is 2. The van der Waals surface area contributed by atoms with Crippen LogP contribution in [0.3, 0.4) is 0 Å². The summed E-state index contributed by atoms with van der Waals surface area (Å²) < 4.78 is 20.0. The first-order chi connectivity index (χ1) is 42.1. The van der Waals surface area contributed by atoms with Gasteiger partial charge in [-0.1, -0.05) is 199 Å². The standard InChI is InChI=1S/C77H83N5O6/c1-73(2,3)58-26-18-28-60(48-58)76(40-41-76)80-50-68(86-70(80)83)66(44-52-32-36-62(37-33-52)78-64-30-16-24-56(46-64)54-20-12-10-13-21-54)82(72(85)88-75(7,8)9)67(69-51-81(71(84)87-69)77(42-43-77)61-29-19-27-59(49-61)74(4,5)6)45-53-34-38-63(39-35-53)79-65-31-17-25-57(47-65)55-22-14-11-15-23-55/h10-39,46-49,66-69,78-79H,40-45,50-51H2,1-9H3/t66-,67-,68+,69+/m0/s1. The van der Waals surface area contributed by atoms with Crippen LogP contribution >= 0.6 is 0 Å². The van der Waals surface area contributed by atoms with Crippen molar-refractivity contribution in [1.82, 2.24) is 14.7 Å². The van der Waals surface area contributed by atoms with Crippen LogP contribution in [-0.2, 0) is 49.0 Å². The number of rotatable bonds is 18. The van der Waals surface area contributed by atoms with E-state index in [1.807, 2.05) is 67.0 Å². The molecular weight excluding hydrogens is 1090 g/mol. The maximum atomic E-state index is 15.9. The molecule has 0 bridgehead atoms. The number of nitrogens with one attached hydrogen (secondary N) is 2. The van der Waals surface area contributed by atoms with Crippen molar-refractivity contribution in [3.8, 4) is 22.3 Å². The highest BCUT2D eigenvalue weighted by atomic mass is 16.6. The molecule has 0 spiro atoms. The van der Waals surface area contributed by atoms with Gasteiger partial charge in [-0.25, -0.2) is 14.4 Å². The fourth-order valence-corrected chi connectivity index (χ4v) is 13.0. The van der Waals surface area contributed by atoms with Crippen LogP contribution in [0.15, 0.2) is 206 Å². The molecule has 8 aromatic rings. The quantitative estimate of drug-likeness (QED) is 0.0817. The van der Waals surface area contributed by atoms with Crippen LogP contribution in [0.5, 0.6) is 0 Å². The van der Waals surface area contributed by atoms with Gasteiger partial charge < -0.3 is 24.8 Å². The maximum Gasteiger partial charge on any atom is 0.411 e. The summed E-state index contributed by atoms with van der Waals surface area (Å²) in [6.45, 7) is 19.3. The molecule has 2 aliphatic heterocycles. The van der Waals surface area contributed by atoms with Crippen LogP contribution in [0, 0.1) is 0 Å².